The molecule has 0 radical (unpaired) electrons. The molecule has 1 aliphatic rings. The summed E-state index contributed by atoms with van der Waals surface area (Å²) in [6, 6.07) is 0. The molecule has 0 atom stereocenters. The van der Waals surface area contributed by atoms with E-state index in [0.717, 1.165) is 25.9 Å². The maximum absolute atomic E-state index is 11.6. The summed E-state index contributed by atoms with van der Waals surface area (Å²) in [6.45, 7) is 1.72. The molecule has 1 rings (SSSR count). The lowest BCUT2D eigenvalue weighted by Crippen LogP contribution is -2.39. The van der Waals surface area contributed by atoms with Gasteiger partial charge in [0.2, 0.25) is 5.91 Å². The van der Waals surface area contributed by atoms with E-state index in [2.05, 4.69) is 0 Å². The lowest BCUT2D eigenvalue weighted by Gasteiger charge is -2.30. The van der Waals surface area contributed by atoms with Crippen LogP contribution in [0.3, 0.4) is 0 Å². The van der Waals surface area contributed by atoms with Crippen molar-refractivity contribution in [3.8, 4) is 0 Å². The Morgan fingerprint density at radius 2 is 1.92 bits per heavy atom. The smallest absolute Gasteiger partial charge is 0.225 e. The van der Waals surface area contributed by atoms with Crippen molar-refractivity contribution in [3.63, 3.8) is 0 Å². The molecule has 76 valence electrons. The number of carbonyl (C=O) groups is 1. The minimum atomic E-state index is 0.196. The zero-order valence-corrected chi connectivity index (χ0v) is 8.62. The molecule has 0 saturated carbocycles. The quantitative estimate of drug-likeness (QED) is 0.624. The zero-order valence-electron chi connectivity index (χ0n) is 8.62. The van der Waals surface area contributed by atoms with Gasteiger partial charge in [-0.3, -0.25) is 4.79 Å². The van der Waals surface area contributed by atoms with Crippen molar-refractivity contribution in [2.75, 3.05) is 34.3 Å². The summed E-state index contributed by atoms with van der Waals surface area (Å²) in [7, 11) is 5.30. The Morgan fingerprint density at radius 3 is 2.31 bits per heavy atom. The Bertz CT molecular complexity index is 174. The van der Waals surface area contributed by atoms with Crippen LogP contribution in [0.5, 0.6) is 0 Å². The van der Waals surface area contributed by atoms with Crippen LogP contribution in [0.25, 0.3) is 0 Å². The van der Waals surface area contributed by atoms with E-state index < -0.39 is 0 Å². The van der Waals surface area contributed by atoms with Crippen LogP contribution in [0.1, 0.15) is 12.8 Å². The summed E-state index contributed by atoms with van der Waals surface area (Å²) in [6.07, 6.45) is 1.82. The Hall–Kier alpha value is -0.610. The van der Waals surface area contributed by atoms with Crippen molar-refractivity contribution in [2.45, 2.75) is 12.8 Å². The second-order valence-corrected chi connectivity index (χ2v) is 3.62. The van der Waals surface area contributed by atoms with Gasteiger partial charge in [-0.05, 0) is 12.8 Å². The molecule has 0 aliphatic carbocycles. The van der Waals surface area contributed by atoms with Gasteiger partial charge in [0.1, 0.15) is 0 Å². The molecule has 1 amide bonds. The van der Waals surface area contributed by atoms with Gasteiger partial charge in [-0.2, -0.15) is 5.06 Å². The first-order chi connectivity index (χ1) is 6.15. The third-order valence-corrected chi connectivity index (χ3v) is 2.50. The first kappa shape index (κ1) is 10.5. The maximum atomic E-state index is 11.6. The molecule has 0 N–H and O–H groups in total. The van der Waals surface area contributed by atoms with Crippen LogP contribution in [-0.4, -0.2) is 50.2 Å². The predicted octanol–water partition coefficient (Wildman–Crippen LogP) is 0.348. The van der Waals surface area contributed by atoms with E-state index in [1.54, 1.807) is 12.0 Å². The van der Waals surface area contributed by atoms with Crippen LogP contribution in [0.2, 0.25) is 0 Å². The average Bonchev–Trinajstić information content (AvgIpc) is 2.17. The van der Waals surface area contributed by atoms with Crippen molar-refractivity contribution in [3.05, 3.63) is 0 Å². The molecule has 0 aromatic rings. The van der Waals surface area contributed by atoms with E-state index in [1.165, 1.54) is 0 Å². The molecule has 0 unspecified atom stereocenters. The van der Waals surface area contributed by atoms with E-state index in [1.807, 2.05) is 19.2 Å². The number of hydroxylamine groups is 2. The van der Waals surface area contributed by atoms with Gasteiger partial charge >= 0.3 is 0 Å². The number of rotatable bonds is 2. The summed E-state index contributed by atoms with van der Waals surface area (Å²) in [4.78, 5) is 18.3. The number of hydrogen-bond donors (Lipinski definition) is 0. The highest BCUT2D eigenvalue weighted by Gasteiger charge is 2.25. The minimum Gasteiger partial charge on any atom is -0.349 e. The SMILES string of the molecule is CON1CCC(C(=O)N(C)C)CC1. The topological polar surface area (TPSA) is 32.8 Å². The zero-order chi connectivity index (χ0) is 9.84. The van der Waals surface area contributed by atoms with Crippen LogP contribution in [0.4, 0.5) is 0 Å². The Labute approximate surface area is 79.4 Å². The van der Waals surface area contributed by atoms with E-state index in [4.69, 9.17) is 4.84 Å². The monoisotopic (exact) mass is 186 g/mol. The van der Waals surface area contributed by atoms with Crippen LogP contribution < -0.4 is 0 Å². The molecule has 1 heterocycles. The summed E-state index contributed by atoms with van der Waals surface area (Å²) >= 11 is 0. The first-order valence-electron chi connectivity index (χ1n) is 4.65. The molecule has 0 spiro atoms. The van der Waals surface area contributed by atoms with E-state index in [9.17, 15) is 4.79 Å². The molecular formula is C9H18N2O2. The van der Waals surface area contributed by atoms with E-state index in [-0.39, 0.29) is 11.8 Å². The second-order valence-electron chi connectivity index (χ2n) is 3.62. The molecule has 1 aliphatic heterocycles. The lowest BCUT2D eigenvalue weighted by atomic mass is 9.97. The number of nitrogens with zero attached hydrogens (tertiary/aromatic N) is 2. The van der Waals surface area contributed by atoms with E-state index in [0.29, 0.717) is 0 Å². The van der Waals surface area contributed by atoms with Gasteiger partial charge in [-0.1, -0.05) is 0 Å². The molecule has 0 aromatic carbocycles. The third-order valence-electron chi connectivity index (χ3n) is 2.50. The van der Waals surface area contributed by atoms with Crippen LogP contribution >= 0.6 is 0 Å². The van der Waals surface area contributed by atoms with Gasteiger partial charge in [-0.15, -0.1) is 0 Å². The summed E-state index contributed by atoms with van der Waals surface area (Å²) in [5, 5.41) is 1.90. The fourth-order valence-electron chi connectivity index (χ4n) is 1.65. The highest BCUT2D eigenvalue weighted by Crippen LogP contribution is 2.18. The number of carbonyl (C=O) groups excluding carboxylic acids is 1. The lowest BCUT2D eigenvalue weighted by molar-refractivity contribution is -0.157. The van der Waals surface area contributed by atoms with Crippen molar-refractivity contribution < 1.29 is 9.63 Å². The Kier molecular flexibility index (Phi) is 3.69. The molecule has 0 aromatic heterocycles. The largest absolute Gasteiger partial charge is 0.349 e. The average molecular weight is 186 g/mol. The van der Waals surface area contributed by atoms with Crippen LogP contribution in [0, 0.1) is 5.92 Å². The number of piperidine rings is 1. The fraction of sp³-hybridized carbons (Fsp3) is 0.889. The number of hydrogen-bond acceptors (Lipinski definition) is 3. The van der Waals surface area contributed by atoms with Crippen molar-refractivity contribution in [2.24, 2.45) is 5.92 Å². The van der Waals surface area contributed by atoms with Crippen molar-refractivity contribution >= 4 is 5.91 Å². The maximum Gasteiger partial charge on any atom is 0.225 e. The fourth-order valence-corrected chi connectivity index (χ4v) is 1.65. The standard InChI is InChI=1S/C9H18N2O2/c1-10(2)9(12)8-4-6-11(13-3)7-5-8/h8H,4-7H2,1-3H3. The van der Waals surface area contributed by atoms with Gasteiger partial charge in [0.05, 0.1) is 7.11 Å². The van der Waals surface area contributed by atoms with Gasteiger partial charge in [0.25, 0.3) is 0 Å². The first-order valence-corrected chi connectivity index (χ1v) is 4.65. The molecular weight excluding hydrogens is 168 g/mol. The summed E-state index contributed by atoms with van der Waals surface area (Å²) in [5.74, 6) is 0.442. The molecule has 4 nitrogen and oxygen atoms in total. The minimum absolute atomic E-state index is 0.196. The predicted molar refractivity (Wildman–Crippen MR) is 50.0 cm³/mol. The van der Waals surface area contributed by atoms with E-state index >= 15 is 0 Å². The highest BCUT2D eigenvalue weighted by molar-refractivity contribution is 5.78. The molecule has 13 heavy (non-hydrogen) atoms. The van der Waals surface area contributed by atoms with Crippen LogP contribution in [-0.2, 0) is 9.63 Å². The normalized spacial score (nSPS) is 20.2. The van der Waals surface area contributed by atoms with Gasteiger partial charge in [0.15, 0.2) is 0 Å². The molecule has 0 bridgehead atoms. The Balaban J connectivity index is 2.36. The van der Waals surface area contributed by atoms with Crippen LogP contribution in [0.15, 0.2) is 0 Å². The third kappa shape index (κ3) is 2.67. The van der Waals surface area contributed by atoms with Gasteiger partial charge < -0.3 is 9.74 Å². The number of amides is 1. The summed E-state index contributed by atoms with van der Waals surface area (Å²) < 4.78 is 0. The van der Waals surface area contributed by atoms with Gasteiger partial charge in [0, 0.05) is 33.1 Å². The second kappa shape index (κ2) is 4.58. The molecule has 1 fully saturated rings. The highest BCUT2D eigenvalue weighted by atomic mass is 16.7. The van der Waals surface area contributed by atoms with Crippen molar-refractivity contribution in [1.29, 1.82) is 0 Å². The molecule has 4 heteroatoms. The van der Waals surface area contributed by atoms with Gasteiger partial charge in [-0.25, -0.2) is 0 Å². The summed E-state index contributed by atoms with van der Waals surface area (Å²) in [5.41, 5.74) is 0. The van der Waals surface area contributed by atoms with Crippen molar-refractivity contribution in [1.82, 2.24) is 9.96 Å². The Morgan fingerprint density at radius 1 is 1.38 bits per heavy atom. The molecule has 1 saturated heterocycles.